The first-order chi connectivity index (χ1) is 13.1. The van der Waals surface area contributed by atoms with E-state index in [9.17, 15) is 9.18 Å². The van der Waals surface area contributed by atoms with Gasteiger partial charge in [-0.3, -0.25) is 4.79 Å². The van der Waals surface area contributed by atoms with Crippen LogP contribution in [0.3, 0.4) is 0 Å². The molecule has 3 N–H and O–H groups in total. The highest BCUT2D eigenvalue weighted by molar-refractivity contribution is 5.96. The molecule has 144 valence electrons. The van der Waals surface area contributed by atoms with Crippen molar-refractivity contribution in [1.29, 1.82) is 0 Å². The Kier molecular flexibility index (Phi) is 5.97. The summed E-state index contributed by atoms with van der Waals surface area (Å²) in [5.74, 6) is 1.00. The average Bonchev–Trinajstić information content (AvgIpc) is 2.70. The molecule has 1 aliphatic rings. The van der Waals surface area contributed by atoms with E-state index in [-0.39, 0.29) is 31.0 Å². The average molecular weight is 376 g/mol. The van der Waals surface area contributed by atoms with E-state index in [1.807, 2.05) is 0 Å². The Morgan fingerprint density at radius 1 is 1.19 bits per heavy atom. The van der Waals surface area contributed by atoms with Crippen molar-refractivity contribution in [1.82, 2.24) is 5.32 Å². The number of hydrogen-bond donors (Lipinski definition) is 2. The second kappa shape index (κ2) is 8.59. The van der Waals surface area contributed by atoms with Crippen molar-refractivity contribution in [3.63, 3.8) is 0 Å². The van der Waals surface area contributed by atoms with Gasteiger partial charge in [0, 0.05) is 24.7 Å². The SMILES string of the molecule is COc1cc2c(cc1CNC(=O)c1cc(F)ccc1OCCN)OCCO2. The number of nitrogens with two attached hydrogens (primary N) is 1. The number of carbonyl (C=O) groups is 1. The predicted octanol–water partition coefficient (Wildman–Crippen LogP) is 1.87. The highest BCUT2D eigenvalue weighted by Gasteiger charge is 2.18. The lowest BCUT2D eigenvalue weighted by Crippen LogP contribution is -2.25. The van der Waals surface area contributed by atoms with Gasteiger partial charge in [0.15, 0.2) is 11.5 Å². The van der Waals surface area contributed by atoms with E-state index in [0.29, 0.717) is 36.0 Å². The van der Waals surface area contributed by atoms with E-state index in [4.69, 9.17) is 24.7 Å². The van der Waals surface area contributed by atoms with Crippen LogP contribution in [0.1, 0.15) is 15.9 Å². The van der Waals surface area contributed by atoms with Gasteiger partial charge in [0.25, 0.3) is 5.91 Å². The molecule has 0 atom stereocenters. The zero-order valence-electron chi connectivity index (χ0n) is 14.9. The fraction of sp³-hybridized carbons (Fsp3) is 0.316. The third kappa shape index (κ3) is 4.40. The van der Waals surface area contributed by atoms with E-state index in [0.717, 1.165) is 6.07 Å². The third-order valence-corrected chi connectivity index (χ3v) is 3.95. The first-order valence-electron chi connectivity index (χ1n) is 8.49. The molecule has 2 aromatic carbocycles. The predicted molar refractivity (Wildman–Crippen MR) is 96.1 cm³/mol. The van der Waals surface area contributed by atoms with Crippen LogP contribution in [0.15, 0.2) is 30.3 Å². The van der Waals surface area contributed by atoms with Crippen molar-refractivity contribution in [3.05, 3.63) is 47.3 Å². The molecular formula is C19H21FN2O5. The lowest BCUT2D eigenvalue weighted by molar-refractivity contribution is 0.0946. The Balaban J connectivity index is 1.77. The van der Waals surface area contributed by atoms with E-state index in [1.165, 1.54) is 19.2 Å². The molecule has 7 nitrogen and oxygen atoms in total. The van der Waals surface area contributed by atoms with Gasteiger partial charge in [0.05, 0.1) is 12.7 Å². The molecule has 0 aliphatic carbocycles. The number of ether oxygens (including phenoxy) is 4. The molecule has 2 aromatic rings. The molecule has 0 spiro atoms. The zero-order chi connectivity index (χ0) is 19.2. The molecule has 1 amide bonds. The molecule has 0 saturated carbocycles. The van der Waals surface area contributed by atoms with Crippen molar-refractivity contribution in [2.75, 3.05) is 33.5 Å². The summed E-state index contributed by atoms with van der Waals surface area (Å²) in [7, 11) is 1.53. The molecule has 27 heavy (non-hydrogen) atoms. The molecular weight excluding hydrogens is 355 g/mol. The van der Waals surface area contributed by atoms with Crippen LogP contribution in [-0.4, -0.2) is 39.4 Å². The minimum Gasteiger partial charge on any atom is -0.496 e. The molecule has 1 aliphatic heterocycles. The van der Waals surface area contributed by atoms with E-state index >= 15 is 0 Å². The second-order valence-corrected chi connectivity index (χ2v) is 5.77. The van der Waals surface area contributed by atoms with Gasteiger partial charge in [-0.15, -0.1) is 0 Å². The molecule has 0 unspecified atom stereocenters. The van der Waals surface area contributed by atoms with Crippen LogP contribution in [0.2, 0.25) is 0 Å². The molecule has 3 rings (SSSR count). The molecule has 0 fully saturated rings. The smallest absolute Gasteiger partial charge is 0.255 e. The lowest BCUT2D eigenvalue weighted by Gasteiger charge is -2.21. The standard InChI is InChI=1S/C19H21FN2O5/c1-24-16-10-18-17(26-6-7-27-18)8-12(16)11-22-19(23)14-9-13(20)2-3-15(14)25-5-4-21/h2-3,8-10H,4-7,11,21H2,1H3,(H,22,23). The van der Waals surface area contributed by atoms with Crippen LogP contribution in [-0.2, 0) is 6.54 Å². The van der Waals surface area contributed by atoms with Crippen molar-refractivity contribution in [2.45, 2.75) is 6.54 Å². The number of benzene rings is 2. The zero-order valence-corrected chi connectivity index (χ0v) is 14.9. The van der Waals surface area contributed by atoms with Crippen molar-refractivity contribution >= 4 is 5.91 Å². The van der Waals surface area contributed by atoms with Crippen LogP contribution in [0, 0.1) is 5.82 Å². The normalized spacial score (nSPS) is 12.4. The Morgan fingerprint density at radius 3 is 2.63 bits per heavy atom. The monoisotopic (exact) mass is 376 g/mol. The van der Waals surface area contributed by atoms with Crippen LogP contribution in [0.5, 0.6) is 23.0 Å². The third-order valence-electron chi connectivity index (χ3n) is 3.95. The van der Waals surface area contributed by atoms with Crippen LogP contribution >= 0.6 is 0 Å². The fourth-order valence-corrected chi connectivity index (χ4v) is 2.69. The van der Waals surface area contributed by atoms with Crippen LogP contribution in [0.25, 0.3) is 0 Å². The number of hydrogen-bond acceptors (Lipinski definition) is 6. The minimum atomic E-state index is -0.530. The maximum atomic E-state index is 13.6. The summed E-state index contributed by atoms with van der Waals surface area (Å²) in [5.41, 5.74) is 6.22. The molecule has 0 radical (unpaired) electrons. The summed E-state index contributed by atoms with van der Waals surface area (Å²) >= 11 is 0. The second-order valence-electron chi connectivity index (χ2n) is 5.77. The van der Waals surface area contributed by atoms with E-state index in [2.05, 4.69) is 5.32 Å². The number of amides is 1. The van der Waals surface area contributed by atoms with Gasteiger partial charge in [-0.25, -0.2) is 4.39 Å². The van der Waals surface area contributed by atoms with Crippen molar-refractivity contribution < 1.29 is 28.1 Å². The van der Waals surface area contributed by atoms with Gasteiger partial charge in [-0.2, -0.15) is 0 Å². The molecule has 0 saturated heterocycles. The minimum absolute atomic E-state index is 0.0972. The van der Waals surface area contributed by atoms with Gasteiger partial charge in [-0.1, -0.05) is 0 Å². The summed E-state index contributed by atoms with van der Waals surface area (Å²) in [6, 6.07) is 7.23. The first-order valence-corrected chi connectivity index (χ1v) is 8.49. The summed E-state index contributed by atoms with van der Waals surface area (Å²) in [6.45, 7) is 1.59. The Labute approximate surface area is 156 Å². The van der Waals surface area contributed by atoms with E-state index < -0.39 is 11.7 Å². The largest absolute Gasteiger partial charge is 0.496 e. The lowest BCUT2D eigenvalue weighted by atomic mass is 10.1. The quantitative estimate of drug-likeness (QED) is 0.767. The summed E-state index contributed by atoms with van der Waals surface area (Å²) < 4.78 is 35.5. The fourth-order valence-electron chi connectivity index (χ4n) is 2.69. The van der Waals surface area contributed by atoms with Crippen molar-refractivity contribution in [2.24, 2.45) is 5.73 Å². The van der Waals surface area contributed by atoms with Gasteiger partial charge in [0.1, 0.15) is 37.1 Å². The molecule has 0 aromatic heterocycles. The van der Waals surface area contributed by atoms with Crippen LogP contribution in [0.4, 0.5) is 4.39 Å². The Hall–Kier alpha value is -3.00. The van der Waals surface area contributed by atoms with Gasteiger partial charge in [0.2, 0.25) is 0 Å². The maximum absolute atomic E-state index is 13.6. The number of rotatable bonds is 7. The first kappa shape index (κ1) is 18.8. The molecule has 1 heterocycles. The molecule has 0 bridgehead atoms. The van der Waals surface area contributed by atoms with Crippen molar-refractivity contribution in [3.8, 4) is 23.0 Å². The van der Waals surface area contributed by atoms with Crippen LogP contribution < -0.4 is 30.0 Å². The summed E-state index contributed by atoms with van der Waals surface area (Å²) in [5, 5.41) is 2.75. The Bertz CT molecular complexity index is 828. The maximum Gasteiger partial charge on any atom is 0.255 e. The number of fused-ring (bicyclic) bond motifs is 1. The number of nitrogens with one attached hydrogen (secondary N) is 1. The number of methoxy groups -OCH3 is 1. The highest BCUT2D eigenvalue weighted by atomic mass is 19.1. The topological polar surface area (TPSA) is 92.0 Å². The Morgan fingerprint density at radius 2 is 1.93 bits per heavy atom. The van der Waals surface area contributed by atoms with Gasteiger partial charge >= 0.3 is 0 Å². The number of carbonyl (C=O) groups excluding carboxylic acids is 1. The summed E-state index contributed by atoms with van der Waals surface area (Å²) in [6.07, 6.45) is 0. The number of halogens is 1. The molecule has 8 heteroatoms. The summed E-state index contributed by atoms with van der Waals surface area (Å²) in [4.78, 5) is 12.6. The van der Waals surface area contributed by atoms with E-state index in [1.54, 1.807) is 12.1 Å². The van der Waals surface area contributed by atoms with Gasteiger partial charge in [-0.05, 0) is 24.3 Å². The van der Waals surface area contributed by atoms with Gasteiger partial charge < -0.3 is 30.0 Å². The highest BCUT2D eigenvalue weighted by Crippen LogP contribution is 2.36.